The molecule has 4 nitrogen and oxygen atoms in total. The zero-order valence-electron chi connectivity index (χ0n) is 13.6. The monoisotopic (exact) mass is 341 g/mol. The van der Waals surface area contributed by atoms with E-state index in [0.717, 1.165) is 16.5 Å². The van der Waals surface area contributed by atoms with Gasteiger partial charge in [-0.2, -0.15) is 0 Å². The molecule has 3 aromatic carbocycles. The zero-order valence-corrected chi connectivity index (χ0v) is 14.5. The fourth-order valence-corrected chi connectivity index (χ4v) is 3.78. The molecular formula is C19H19NO3S. The molecule has 0 N–H and O–H groups in total. The predicted octanol–water partition coefficient (Wildman–Crippen LogP) is 4.06. The molecule has 3 rings (SSSR count). The maximum absolute atomic E-state index is 12.9. The van der Waals surface area contributed by atoms with E-state index in [9.17, 15) is 8.42 Å². The summed E-state index contributed by atoms with van der Waals surface area (Å²) >= 11 is 0. The molecule has 0 unspecified atom stereocenters. The van der Waals surface area contributed by atoms with Crippen molar-refractivity contribution in [3.05, 3.63) is 66.7 Å². The summed E-state index contributed by atoms with van der Waals surface area (Å²) in [7, 11) is -2.06. The molecule has 0 atom stereocenters. The molecule has 0 amide bonds. The standard InChI is InChI=1S/C19H19NO3S/c1-3-23-18-11-9-17(10-12-18)20(2)24(21,22)19-13-8-15-6-4-5-7-16(15)14-19/h4-14H,3H2,1-2H3. The van der Waals surface area contributed by atoms with Crippen LogP contribution in [0.5, 0.6) is 5.75 Å². The highest BCUT2D eigenvalue weighted by molar-refractivity contribution is 7.92. The Hall–Kier alpha value is -2.53. The van der Waals surface area contributed by atoms with E-state index in [0.29, 0.717) is 12.3 Å². The van der Waals surface area contributed by atoms with Gasteiger partial charge in [-0.3, -0.25) is 4.31 Å². The van der Waals surface area contributed by atoms with Crippen LogP contribution < -0.4 is 9.04 Å². The van der Waals surface area contributed by atoms with Gasteiger partial charge in [0.05, 0.1) is 17.2 Å². The second-order valence-electron chi connectivity index (χ2n) is 5.41. The summed E-state index contributed by atoms with van der Waals surface area (Å²) in [6.07, 6.45) is 0. The molecule has 0 saturated heterocycles. The molecule has 24 heavy (non-hydrogen) atoms. The Labute approximate surface area is 142 Å². The van der Waals surface area contributed by atoms with E-state index < -0.39 is 10.0 Å². The van der Waals surface area contributed by atoms with E-state index >= 15 is 0 Å². The number of hydrogen-bond donors (Lipinski definition) is 0. The molecule has 0 fully saturated rings. The average molecular weight is 341 g/mol. The molecule has 124 valence electrons. The summed E-state index contributed by atoms with van der Waals surface area (Å²) in [6, 6.07) is 19.9. The molecule has 5 heteroatoms. The number of fused-ring (bicyclic) bond motifs is 1. The third-order valence-corrected chi connectivity index (χ3v) is 5.67. The number of sulfonamides is 1. The third kappa shape index (κ3) is 3.08. The van der Waals surface area contributed by atoms with Gasteiger partial charge < -0.3 is 4.74 Å². The van der Waals surface area contributed by atoms with Gasteiger partial charge in [0.15, 0.2) is 0 Å². The molecule has 0 aliphatic heterocycles. The number of anilines is 1. The van der Waals surface area contributed by atoms with E-state index in [4.69, 9.17) is 4.74 Å². The number of benzene rings is 3. The highest BCUT2D eigenvalue weighted by Gasteiger charge is 2.21. The largest absolute Gasteiger partial charge is 0.494 e. The van der Waals surface area contributed by atoms with E-state index in [-0.39, 0.29) is 4.90 Å². The van der Waals surface area contributed by atoms with Crippen molar-refractivity contribution in [1.82, 2.24) is 0 Å². The second-order valence-corrected chi connectivity index (χ2v) is 7.38. The van der Waals surface area contributed by atoms with Crippen LogP contribution in [0.1, 0.15) is 6.92 Å². The summed E-state index contributed by atoms with van der Waals surface area (Å²) in [6.45, 7) is 2.48. The average Bonchev–Trinajstić information content (AvgIpc) is 2.61. The first-order valence-electron chi connectivity index (χ1n) is 7.73. The van der Waals surface area contributed by atoms with Gasteiger partial charge in [-0.15, -0.1) is 0 Å². The van der Waals surface area contributed by atoms with Crippen LogP contribution in [0.25, 0.3) is 10.8 Å². The molecular weight excluding hydrogens is 322 g/mol. The van der Waals surface area contributed by atoms with Gasteiger partial charge in [0.25, 0.3) is 10.0 Å². The Bertz CT molecular complexity index is 950. The van der Waals surface area contributed by atoms with Gasteiger partial charge >= 0.3 is 0 Å². The number of nitrogens with zero attached hydrogens (tertiary/aromatic N) is 1. The van der Waals surface area contributed by atoms with Crippen LogP contribution in [0.4, 0.5) is 5.69 Å². The van der Waals surface area contributed by atoms with Crippen LogP contribution in [0, 0.1) is 0 Å². The highest BCUT2D eigenvalue weighted by Crippen LogP contribution is 2.26. The van der Waals surface area contributed by atoms with Crippen molar-refractivity contribution in [2.75, 3.05) is 18.0 Å². The van der Waals surface area contributed by atoms with Crippen molar-refractivity contribution < 1.29 is 13.2 Å². The lowest BCUT2D eigenvalue weighted by Crippen LogP contribution is -2.26. The van der Waals surface area contributed by atoms with Crippen LogP contribution in [-0.4, -0.2) is 22.1 Å². The molecule has 0 bridgehead atoms. The van der Waals surface area contributed by atoms with Gasteiger partial charge in [-0.25, -0.2) is 8.42 Å². The summed E-state index contributed by atoms with van der Waals surface area (Å²) < 4.78 is 32.4. The van der Waals surface area contributed by atoms with Crippen molar-refractivity contribution in [1.29, 1.82) is 0 Å². The summed E-state index contributed by atoms with van der Waals surface area (Å²) in [5.41, 5.74) is 0.589. The van der Waals surface area contributed by atoms with Crippen LogP contribution in [-0.2, 0) is 10.0 Å². The van der Waals surface area contributed by atoms with E-state index in [1.165, 1.54) is 4.31 Å². The van der Waals surface area contributed by atoms with Crippen LogP contribution in [0.3, 0.4) is 0 Å². The smallest absolute Gasteiger partial charge is 0.264 e. The maximum atomic E-state index is 12.9. The Morgan fingerprint density at radius 3 is 2.25 bits per heavy atom. The Balaban J connectivity index is 1.95. The van der Waals surface area contributed by atoms with Crippen LogP contribution in [0.15, 0.2) is 71.6 Å². The van der Waals surface area contributed by atoms with Gasteiger partial charge in [-0.1, -0.05) is 30.3 Å². The molecule has 0 heterocycles. The Morgan fingerprint density at radius 2 is 1.58 bits per heavy atom. The summed E-state index contributed by atoms with van der Waals surface area (Å²) in [5, 5.41) is 1.92. The molecule has 0 spiro atoms. The summed E-state index contributed by atoms with van der Waals surface area (Å²) in [4.78, 5) is 0.276. The zero-order chi connectivity index (χ0) is 17.2. The molecule has 0 aliphatic rings. The first-order chi connectivity index (χ1) is 11.5. The lowest BCUT2D eigenvalue weighted by atomic mass is 10.1. The molecule has 3 aromatic rings. The first kappa shape index (κ1) is 16.3. The second kappa shape index (κ2) is 6.53. The van der Waals surface area contributed by atoms with Gasteiger partial charge in [-0.05, 0) is 54.1 Å². The van der Waals surface area contributed by atoms with Crippen molar-refractivity contribution in [2.24, 2.45) is 0 Å². The first-order valence-corrected chi connectivity index (χ1v) is 9.17. The summed E-state index contributed by atoms with van der Waals surface area (Å²) in [5.74, 6) is 0.720. The normalized spacial score (nSPS) is 11.4. The minimum Gasteiger partial charge on any atom is -0.494 e. The van der Waals surface area contributed by atoms with Crippen molar-refractivity contribution in [3.63, 3.8) is 0 Å². The van der Waals surface area contributed by atoms with E-state index in [1.54, 1.807) is 43.4 Å². The number of ether oxygens (including phenoxy) is 1. The van der Waals surface area contributed by atoms with Crippen molar-refractivity contribution in [2.45, 2.75) is 11.8 Å². The highest BCUT2D eigenvalue weighted by atomic mass is 32.2. The SMILES string of the molecule is CCOc1ccc(N(C)S(=O)(=O)c2ccc3ccccc3c2)cc1. The van der Waals surface area contributed by atoms with Gasteiger partial charge in [0.1, 0.15) is 5.75 Å². The number of hydrogen-bond acceptors (Lipinski definition) is 3. The van der Waals surface area contributed by atoms with Crippen molar-refractivity contribution >= 4 is 26.5 Å². The van der Waals surface area contributed by atoms with Gasteiger partial charge in [0.2, 0.25) is 0 Å². The quantitative estimate of drug-likeness (QED) is 0.703. The lowest BCUT2D eigenvalue weighted by molar-refractivity contribution is 0.340. The minimum atomic E-state index is -3.62. The fraction of sp³-hybridized carbons (Fsp3) is 0.158. The van der Waals surface area contributed by atoms with Crippen LogP contribution >= 0.6 is 0 Å². The molecule has 0 radical (unpaired) electrons. The molecule has 0 aromatic heterocycles. The van der Waals surface area contributed by atoms with Gasteiger partial charge in [0, 0.05) is 7.05 Å². The Morgan fingerprint density at radius 1 is 0.917 bits per heavy atom. The Kier molecular flexibility index (Phi) is 4.44. The minimum absolute atomic E-state index is 0.276. The van der Waals surface area contributed by atoms with Crippen molar-refractivity contribution in [3.8, 4) is 5.75 Å². The fourth-order valence-electron chi connectivity index (χ4n) is 2.54. The van der Waals surface area contributed by atoms with E-state index in [1.807, 2.05) is 37.3 Å². The molecule has 0 saturated carbocycles. The van der Waals surface area contributed by atoms with Crippen LogP contribution in [0.2, 0.25) is 0 Å². The topological polar surface area (TPSA) is 46.6 Å². The lowest BCUT2D eigenvalue weighted by Gasteiger charge is -2.20. The third-order valence-electron chi connectivity index (χ3n) is 3.89. The van der Waals surface area contributed by atoms with E-state index in [2.05, 4.69) is 0 Å². The number of rotatable bonds is 5. The predicted molar refractivity (Wildman–Crippen MR) is 97.1 cm³/mol. The molecule has 0 aliphatic carbocycles. The maximum Gasteiger partial charge on any atom is 0.264 e.